The Morgan fingerprint density at radius 3 is 1.71 bits per heavy atom. The molecule has 0 aliphatic heterocycles. The maximum atomic E-state index is 11.5. The summed E-state index contributed by atoms with van der Waals surface area (Å²) in [5.74, 6) is -3.57. The Bertz CT molecular complexity index is 286. The zero-order chi connectivity index (χ0) is 13.6. The van der Waals surface area contributed by atoms with Crippen LogP contribution in [0.4, 0.5) is 0 Å². The monoisotopic (exact) mass is 246 g/mol. The van der Waals surface area contributed by atoms with E-state index in [1.165, 1.54) is 0 Å². The van der Waals surface area contributed by atoms with E-state index in [2.05, 4.69) is 9.47 Å². The second-order valence-corrected chi connectivity index (χ2v) is 4.39. The Balaban J connectivity index is 4.60. The van der Waals surface area contributed by atoms with E-state index in [9.17, 15) is 14.4 Å². The lowest BCUT2D eigenvalue weighted by molar-refractivity contribution is -0.168. The van der Waals surface area contributed by atoms with Crippen molar-refractivity contribution in [2.24, 2.45) is 5.92 Å². The van der Waals surface area contributed by atoms with Gasteiger partial charge < -0.3 is 14.2 Å². The Hall–Kier alpha value is -1.59. The maximum Gasteiger partial charge on any atom is 0.320 e. The van der Waals surface area contributed by atoms with E-state index >= 15 is 0 Å². The molecule has 0 aliphatic rings. The Morgan fingerprint density at radius 2 is 1.41 bits per heavy atom. The van der Waals surface area contributed by atoms with Crippen molar-refractivity contribution in [3.05, 3.63) is 0 Å². The van der Waals surface area contributed by atoms with Gasteiger partial charge in [0.25, 0.3) is 0 Å². The summed E-state index contributed by atoms with van der Waals surface area (Å²) in [5, 5.41) is 0. The Morgan fingerprint density at radius 1 is 1.00 bits per heavy atom. The number of hydrogen-bond donors (Lipinski definition) is 0. The molecule has 0 amide bonds. The minimum absolute atomic E-state index is 0.392. The standard InChI is InChI=1S/C11H18O6/c1-11(2,3)17-8(12)6-7(9(13)15-4)10(14)16-5/h7H,6H2,1-5H3. The van der Waals surface area contributed by atoms with E-state index in [0.717, 1.165) is 14.2 Å². The molecule has 0 N–H and O–H groups in total. The van der Waals surface area contributed by atoms with Crippen LogP contribution in [0.1, 0.15) is 27.2 Å². The van der Waals surface area contributed by atoms with Gasteiger partial charge in [0.05, 0.1) is 20.6 Å². The van der Waals surface area contributed by atoms with Gasteiger partial charge in [-0.2, -0.15) is 0 Å². The van der Waals surface area contributed by atoms with Crippen molar-refractivity contribution in [1.29, 1.82) is 0 Å². The normalized spacial score (nSPS) is 10.9. The minimum Gasteiger partial charge on any atom is -0.468 e. The lowest BCUT2D eigenvalue weighted by Gasteiger charge is -2.20. The summed E-state index contributed by atoms with van der Waals surface area (Å²) in [6, 6.07) is 0. The summed E-state index contributed by atoms with van der Waals surface area (Å²) in [4.78, 5) is 34.0. The largest absolute Gasteiger partial charge is 0.468 e. The van der Waals surface area contributed by atoms with E-state index in [0.29, 0.717) is 0 Å². The molecule has 0 unspecified atom stereocenters. The van der Waals surface area contributed by atoms with Crippen LogP contribution in [-0.2, 0) is 28.6 Å². The first-order valence-corrected chi connectivity index (χ1v) is 5.08. The Labute approximate surface area is 100 Å². The first-order valence-electron chi connectivity index (χ1n) is 5.08. The van der Waals surface area contributed by atoms with Crippen LogP contribution >= 0.6 is 0 Å². The van der Waals surface area contributed by atoms with Crippen molar-refractivity contribution in [3.8, 4) is 0 Å². The van der Waals surface area contributed by atoms with Crippen LogP contribution in [0.25, 0.3) is 0 Å². The predicted molar refractivity (Wildman–Crippen MR) is 58.0 cm³/mol. The fourth-order valence-electron chi connectivity index (χ4n) is 1.10. The minimum atomic E-state index is -1.28. The smallest absolute Gasteiger partial charge is 0.320 e. The summed E-state index contributed by atoms with van der Waals surface area (Å²) in [6.45, 7) is 5.07. The summed E-state index contributed by atoms with van der Waals surface area (Å²) in [7, 11) is 2.26. The first kappa shape index (κ1) is 15.4. The predicted octanol–water partition coefficient (Wildman–Crippen LogP) is 0.680. The van der Waals surface area contributed by atoms with Gasteiger partial charge in [-0.25, -0.2) is 0 Å². The van der Waals surface area contributed by atoms with Gasteiger partial charge in [0, 0.05) is 0 Å². The average molecular weight is 246 g/mol. The van der Waals surface area contributed by atoms with E-state index in [4.69, 9.17) is 4.74 Å². The third-order valence-electron chi connectivity index (χ3n) is 1.76. The van der Waals surface area contributed by atoms with Gasteiger partial charge in [-0.3, -0.25) is 14.4 Å². The van der Waals surface area contributed by atoms with Crippen molar-refractivity contribution in [3.63, 3.8) is 0 Å². The molecule has 0 saturated carbocycles. The second kappa shape index (κ2) is 6.22. The number of carbonyl (C=O) groups excluding carboxylic acids is 3. The van der Waals surface area contributed by atoms with Gasteiger partial charge in [-0.1, -0.05) is 0 Å². The third-order valence-corrected chi connectivity index (χ3v) is 1.76. The van der Waals surface area contributed by atoms with Crippen LogP contribution in [0.15, 0.2) is 0 Å². The zero-order valence-corrected chi connectivity index (χ0v) is 10.7. The molecule has 0 aromatic rings. The summed E-state index contributed by atoms with van der Waals surface area (Å²) < 4.78 is 13.8. The van der Waals surface area contributed by atoms with Crippen LogP contribution in [0.3, 0.4) is 0 Å². The third kappa shape index (κ3) is 5.89. The molecular weight excluding hydrogens is 228 g/mol. The number of hydrogen-bond acceptors (Lipinski definition) is 6. The highest BCUT2D eigenvalue weighted by Crippen LogP contribution is 2.14. The first-order chi connectivity index (χ1) is 7.71. The number of esters is 3. The molecule has 0 rings (SSSR count). The molecule has 0 spiro atoms. The van der Waals surface area contributed by atoms with Crippen LogP contribution in [0, 0.1) is 5.92 Å². The molecule has 0 fully saturated rings. The number of ether oxygens (including phenoxy) is 3. The van der Waals surface area contributed by atoms with Gasteiger partial charge in [-0.05, 0) is 20.8 Å². The molecule has 0 aromatic carbocycles. The maximum absolute atomic E-state index is 11.5. The summed E-state index contributed by atoms with van der Waals surface area (Å²) in [5.41, 5.74) is -0.673. The van der Waals surface area contributed by atoms with Crippen molar-refractivity contribution in [2.75, 3.05) is 14.2 Å². The fourth-order valence-corrected chi connectivity index (χ4v) is 1.10. The molecule has 0 bridgehead atoms. The molecule has 98 valence electrons. The van der Waals surface area contributed by atoms with Crippen molar-refractivity contribution >= 4 is 17.9 Å². The van der Waals surface area contributed by atoms with Gasteiger partial charge in [0.2, 0.25) is 0 Å². The van der Waals surface area contributed by atoms with Crippen LogP contribution in [0.5, 0.6) is 0 Å². The quantitative estimate of drug-likeness (QED) is 0.412. The molecule has 0 aliphatic carbocycles. The fraction of sp³-hybridized carbons (Fsp3) is 0.727. The Kier molecular flexibility index (Phi) is 5.64. The van der Waals surface area contributed by atoms with Gasteiger partial charge in [0.15, 0.2) is 5.92 Å². The molecule has 0 heterocycles. The van der Waals surface area contributed by atoms with Crippen molar-refractivity contribution in [1.82, 2.24) is 0 Å². The van der Waals surface area contributed by atoms with E-state index in [1.807, 2.05) is 0 Å². The molecule has 0 radical (unpaired) electrons. The van der Waals surface area contributed by atoms with Gasteiger partial charge in [-0.15, -0.1) is 0 Å². The highest BCUT2D eigenvalue weighted by atomic mass is 16.6. The second-order valence-electron chi connectivity index (χ2n) is 4.39. The molecule has 0 saturated heterocycles. The number of methoxy groups -OCH3 is 2. The summed E-state index contributed by atoms with van der Waals surface area (Å²) >= 11 is 0. The molecule has 17 heavy (non-hydrogen) atoms. The molecular formula is C11H18O6. The van der Waals surface area contributed by atoms with E-state index < -0.39 is 35.8 Å². The number of carbonyl (C=O) groups is 3. The lowest BCUT2D eigenvalue weighted by Crippen LogP contribution is -2.32. The van der Waals surface area contributed by atoms with E-state index in [-0.39, 0.29) is 0 Å². The number of rotatable bonds is 4. The highest BCUT2D eigenvalue weighted by molar-refractivity contribution is 5.98. The average Bonchev–Trinajstić information content (AvgIpc) is 2.21. The van der Waals surface area contributed by atoms with Crippen LogP contribution < -0.4 is 0 Å². The SMILES string of the molecule is COC(=O)C(CC(=O)OC(C)(C)C)C(=O)OC. The molecule has 6 nitrogen and oxygen atoms in total. The molecule has 0 aromatic heterocycles. The van der Waals surface area contributed by atoms with Gasteiger partial charge in [0.1, 0.15) is 5.60 Å². The topological polar surface area (TPSA) is 78.9 Å². The van der Waals surface area contributed by atoms with Crippen LogP contribution in [-0.4, -0.2) is 37.7 Å². The van der Waals surface area contributed by atoms with Crippen molar-refractivity contribution in [2.45, 2.75) is 32.8 Å². The van der Waals surface area contributed by atoms with Gasteiger partial charge >= 0.3 is 17.9 Å². The molecule has 0 atom stereocenters. The highest BCUT2D eigenvalue weighted by Gasteiger charge is 2.33. The summed E-state index contributed by atoms with van der Waals surface area (Å²) in [6.07, 6.45) is -0.392. The van der Waals surface area contributed by atoms with Crippen LogP contribution in [0.2, 0.25) is 0 Å². The zero-order valence-electron chi connectivity index (χ0n) is 10.7. The van der Waals surface area contributed by atoms with Crippen molar-refractivity contribution < 1.29 is 28.6 Å². The molecule has 6 heteroatoms. The van der Waals surface area contributed by atoms with E-state index in [1.54, 1.807) is 20.8 Å². The lowest BCUT2D eigenvalue weighted by atomic mass is 10.1.